The minimum absolute atomic E-state index is 0.119. The van der Waals surface area contributed by atoms with Crippen LogP contribution in [0.25, 0.3) is 0 Å². The highest BCUT2D eigenvalue weighted by atomic mass is 16.2. The van der Waals surface area contributed by atoms with E-state index in [1.165, 1.54) is 27.9 Å². The van der Waals surface area contributed by atoms with Gasteiger partial charge in [0, 0.05) is 38.8 Å². The minimum Gasteiger partial charge on any atom is -0.335 e. The van der Waals surface area contributed by atoms with E-state index in [0.717, 1.165) is 25.2 Å². The maximum absolute atomic E-state index is 13.0. The molecule has 0 N–H and O–H groups in total. The van der Waals surface area contributed by atoms with E-state index in [2.05, 4.69) is 41.2 Å². The average Bonchev–Trinajstić information content (AvgIpc) is 2.76. The van der Waals surface area contributed by atoms with Crippen molar-refractivity contribution in [3.8, 4) is 0 Å². The summed E-state index contributed by atoms with van der Waals surface area (Å²) in [5, 5.41) is 4.34. The first kappa shape index (κ1) is 20.0. The van der Waals surface area contributed by atoms with Gasteiger partial charge in [-0.25, -0.2) is 4.68 Å². The molecule has 0 aliphatic carbocycles. The largest absolute Gasteiger partial charge is 0.335 e. The van der Waals surface area contributed by atoms with Crippen LogP contribution in [0.3, 0.4) is 0 Å². The van der Waals surface area contributed by atoms with Crippen LogP contribution in [-0.2, 0) is 13.1 Å². The second-order valence-corrected chi connectivity index (χ2v) is 7.76. The predicted molar refractivity (Wildman–Crippen MR) is 116 cm³/mol. The van der Waals surface area contributed by atoms with Crippen LogP contribution < -0.4 is 5.56 Å². The van der Waals surface area contributed by atoms with E-state index in [1.807, 2.05) is 35.2 Å². The standard InChI is InChI=1S/C24H26N4O2/c1-19-6-5-9-21(16-19)17-26-12-14-27(15-13-26)24(30)22-10-11-23(29)28(25-22)18-20-7-3-2-4-8-20/h2-11,16H,12-15,17-18H2,1H3. The second kappa shape index (κ2) is 9.05. The van der Waals surface area contributed by atoms with Crippen molar-refractivity contribution in [2.24, 2.45) is 0 Å². The predicted octanol–water partition coefficient (Wildman–Crippen LogP) is 2.56. The smallest absolute Gasteiger partial charge is 0.274 e. The lowest BCUT2D eigenvalue weighted by atomic mass is 10.1. The summed E-state index contributed by atoms with van der Waals surface area (Å²) in [6.07, 6.45) is 0. The van der Waals surface area contributed by atoms with E-state index in [-0.39, 0.29) is 11.5 Å². The molecule has 1 aromatic heterocycles. The summed E-state index contributed by atoms with van der Waals surface area (Å²) in [7, 11) is 0. The van der Waals surface area contributed by atoms with Gasteiger partial charge in [0.2, 0.25) is 0 Å². The first-order valence-corrected chi connectivity index (χ1v) is 10.3. The monoisotopic (exact) mass is 402 g/mol. The number of carbonyl (C=O) groups is 1. The Bertz CT molecular complexity index is 1070. The van der Waals surface area contributed by atoms with Crippen molar-refractivity contribution in [1.82, 2.24) is 19.6 Å². The van der Waals surface area contributed by atoms with Crippen LogP contribution in [0.5, 0.6) is 0 Å². The number of amides is 1. The molecule has 0 bridgehead atoms. The van der Waals surface area contributed by atoms with E-state index in [4.69, 9.17) is 0 Å². The van der Waals surface area contributed by atoms with E-state index in [0.29, 0.717) is 25.3 Å². The highest BCUT2D eigenvalue weighted by molar-refractivity contribution is 5.92. The van der Waals surface area contributed by atoms with Crippen molar-refractivity contribution in [3.05, 3.63) is 99.5 Å². The summed E-state index contributed by atoms with van der Waals surface area (Å²) >= 11 is 0. The average molecular weight is 402 g/mol. The SMILES string of the molecule is Cc1cccc(CN2CCN(C(=O)c3ccc(=O)n(Cc4ccccc4)n3)CC2)c1. The van der Waals surface area contributed by atoms with Crippen LogP contribution in [0.1, 0.15) is 27.2 Å². The molecule has 6 heteroatoms. The number of aromatic nitrogens is 2. The lowest BCUT2D eigenvalue weighted by Crippen LogP contribution is -2.48. The van der Waals surface area contributed by atoms with Crippen molar-refractivity contribution in [2.75, 3.05) is 26.2 Å². The second-order valence-electron chi connectivity index (χ2n) is 7.76. The summed E-state index contributed by atoms with van der Waals surface area (Å²) in [5.74, 6) is -0.119. The van der Waals surface area contributed by atoms with Gasteiger partial charge in [-0.05, 0) is 24.1 Å². The molecule has 30 heavy (non-hydrogen) atoms. The fraction of sp³-hybridized carbons (Fsp3) is 0.292. The number of piperazine rings is 1. The van der Waals surface area contributed by atoms with Gasteiger partial charge in [-0.3, -0.25) is 14.5 Å². The number of carbonyl (C=O) groups excluding carboxylic acids is 1. The summed E-state index contributed by atoms with van der Waals surface area (Å²) < 4.78 is 1.36. The number of hydrogen-bond acceptors (Lipinski definition) is 4. The van der Waals surface area contributed by atoms with Gasteiger partial charge in [0.1, 0.15) is 5.69 Å². The zero-order valence-electron chi connectivity index (χ0n) is 17.2. The third kappa shape index (κ3) is 4.83. The Kier molecular flexibility index (Phi) is 6.05. The summed E-state index contributed by atoms with van der Waals surface area (Å²) in [6.45, 7) is 6.31. The lowest BCUT2D eigenvalue weighted by molar-refractivity contribution is 0.0620. The quantitative estimate of drug-likeness (QED) is 0.658. The number of benzene rings is 2. The molecule has 2 aromatic carbocycles. The van der Waals surface area contributed by atoms with Crippen LogP contribution >= 0.6 is 0 Å². The first-order valence-electron chi connectivity index (χ1n) is 10.3. The Morgan fingerprint density at radius 2 is 1.60 bits per heavy atom. The molecule has 0 atom stereocenters. The molecule has 1 aliphatic heterocycles. The van der Waals surface area contributed by atoms with Crippen molar-refractivity contribution < 1.29 is 4.79 Å². The molecule has 2 heterocycles. The molecule has 1 fully saturated rings. The highest BCUT2D eigenvalue weighted by Gasteiger charge is 2.23. The molecular weight excluding hydrogens is 376 g/mol. The highest BCUT2D eigenvalue weighted by Crippen LogP contribution is 2.12. The van der Waals surface area contributed by atoms with Gasteiger partial charge in [0.25, 0.3) is 11.5 Å². The molecule has 154 valence electrons. The van der Waals surface area contributed by atoms with Crippen molar-refractivity contribution in [1.29, 1.82) is 0 Å². The van der Waals surface area contributed by atoms with Gasteiger partial charge in [-0.15, -0.1) is 0 Å². The normalized spacial score (nSPS) is 14.6. The molecule has 3 aromatic rings. The van der Waals surface area contributed by atoms with Gasteiger partial charge in [0.05, 0.1) is 6.54 Å². The summed E-state index contributed by atoms with van der Waals surface area (Å²) in [5.41, 5.74) is 3.64. The molecule has 1 saturated heterocycles. The first-order chi connectivity index (χ1) is 14.6. The topological polar surface area (TPSA) is 58.4 Å². The van der Waals surface area contributed by atoms with Crippen LogP contribution in [-0.4, -0.2) is 51.7 Å². The van der Waals surface area contributed by atoms with E-state index in [9.17, 15) is 9.59 Å². The number of hydrogen-bond donors (Lipinski definition) is 0. The van der Waals surface area contributed by atoms with Crippen LogP contribution in [0.4, 0.5) is 0 Å². The number of aryl methyl sites for hydroxylation is 1. The maximum Gasteiger partial charge on any atom is 0.274 e. The van der Waals surface area contributed by atoms with Crippen LogP contribution in [0.15, 0.2) is 71.5 Å². The fourth-order valence-corrected chi connectivity index (χ4v) is 3.77. The van der Waals surface area contributed by atoms with Crippen LogP contribution in [0, 0.1) is 6.92 Å². The maximum atomic E-state index is 13.0. The van der Waals surface area contributed by atoms with E-state index < -0.39 is 0 Å². The van der Waals surface area contributed by atoms with Gasteiger partial charge in [-0.1, -0.05) is 60.2 Å². The molecule has 0 saturated carbocycles. The van der Waals surface area contributed by atoms with E-state index >= 15 is 0 Å². The third-order valence-electron chi connectivity index (χ3n) is 5.41. The van der Waals surface area contributed by atoms with Crippen molar-refractivity contribution in [3.63, 3.8) is 0 Å². The Hall–Kier alpha value is -3.25. The summed E-state index contributed by atoms with van der Waals surface area (Å²) in [6, 6.07) is 21.1. The Labute approximate surface area is 176 Å². The molecule has 1 amide bonds. The van der Waals surface area contributed by atoms with Gasteiger partial charge < -0.3 is 4.90 Å². The molecule has 4 rings (SSSR count). The minimum atomic E-state index is -0.210. The summed E-state index contributed by atoms with van der Waals surface area (Å²) in [4.78, 5) is 29.3. The third-order valence-corrected chi connectivity index (χ3v) is 5.41. The van der Waals surface area contributed by atoms with E-state index in [1.54, 1.807) is 0 Å². The van der Waals surface area contributed by atoms with Crippen molar-refractivity contribution in [2.45, 2.75) is 20.0 Å². The molecular formula is C24H26N4O2. The van der Waals surface area contributed by atoms with Gasteiger partial charge >= 0.3 is 0 Å². The Morgan fingerprint density at radius 1 is 0.867 bits per heavy atom. The molecule has 0 unspecified atom stereocenters. The molecule has 1 aliphatic rings. The molecule has 0 spiro atoms. The van der Waals surface area contributed by atoms with Crippen LogP contribution in [0.2, 0.25) is 0 Å². The number of nitrogens with zero attached hydrogens (tertiary/aromatic N) is 4. The molecule has 0 radical (unpaired) electrons. The van der Waals surface area contributed by atoms with Gasteiger partial charge in [0.15, 0.2) is 0 Å². The van der Waals surface area contributed by atoms with Crippen molar-refractivity contribution >= 4 is 5.91 Å². The number of rotatable bonds is 5. The zero-order valence-corrected chi connectivity index (χ0v) is 17.2. The Balaban J connectivity index is 1.39. The Morgan fingerprint density at radius 3 is 2.33 bits per heavy atom. The lowest BCUT2D eigenvalue weighted by Gasteiger charge is -2.34. The zero-order chi connectivity index (χ0) is 20.9. The fourth-order valence-electron chi connectivity index (χ4n) is 3.77. The molecule has 6 nitrogen and oxygen atoms in total. The van der Waals surface area contributed by atoms with Gasteiger partial charge in [-0.2, -0.15) is 5.10 Å².